The van der Waals surface area contributed by atoms with Crippen LogP contribution in [0.15, 0.2) is 0 Å². The first kappa shape index (κ1) is 52.3. The van der Waals surface area contributed by atoms with E-state index < -0.39 is 8.54 Å². The Morgan fingerprint density at radius 3 is 1.57 bits per heavy atom. The number of rotatable bonds is 4. The molecule has 0 atom stereocenters. The van der Waals surface area contributed by atoms with Crippen molar-refractivity contribution in [2.45, 2.75) is 29.8 Å². The second-order valence-electron chi connectivity index (χ2n) is 3.21. The van der Waals surface area contributed by atoms with Gasteiger partial charge in [0.25, 0.3) is 0 Å². The van der Waals surface area contributed by atoms with Gasteiger partial charge in [-0.3, -0.25) is 0 Å². The first-order valence-corrected chi connectivity index (χ1v) is 12.5. The Bertz CT molecular complexity index is 235. The molecule has 1 nitrogen and oxygen atoms in total. The van der Waals surface area contributed by atoms with Gasteiger partial charge >= 0.3 is 80.9 Å². The van der Waals surface area contributed by atoms with Crippen LogP contribution < -0.4 is 0 Å². The molecule has 1 aliphatic heterocycles. The standard InChI is InChI=1S/C8H16P.Bi.HOPS2.7U/c1-2-3-6-9-7-4-5-8-9;;1-4(2)3;;;;;;;/h1-8H2;;2H;;;;;;;. The Morgan fingerprint density at radius 1 is 0.952 bits per heavy atom. The van der Waals surface area contributed by atoms with Crippen LogP contribution in [0.3, 0.4) is 0 Å². The van der Waals surface area contributed by atoms with Crippen LogP contribution in [0.25, 0.3) is 0 Å². The third-order valence-electron chi connectivity index (χ3n) is 2.08. The van der Waals surface area contributed by atoms with Crippen LogP contribution in [0.1, 0.15) is 25.7 Å². The maximum Gasteiger partial charge on any atom is 0 e. The van der Waals surface area contributed by atoms with E-state index in [4.69, 9.17) is 0 Å². The Balaban J connectivity index is -0.0000000235. The normalized spacial score (nSPS) is 10.7. The second kappa shape index (κ2) is 43.2. The second-order valence-corrected chi connectivity index (χ2v) is 11.0. The van der Waals surface area contributed by atoms with Crippen LogP contribution in [-0.2, 0) is 19.7 Å². The van der Waals surface area contributed by atoms with E-state index in [-0.39, 0.29) is 218 Å². The minimum Gasteiger partial charge on any atom is 0 e. The van der Waals surface area contributed by atoms with Gasteiger partial charge in [-0.15, -0.1) is 0 Å². The molecule has 110 valence electrons. The van der Waals surface area contributed by atoms with Crippen molar-refractivity contribution in [2.24, 2.45) is 0 Å². The largest absolute Gasteiger partial charge is 0 e. The topological polar surface area (TPSA) is 17.1 Å². The number of hydrogen-bond donors (Lipinski definition) is 0. The fraction of sp³-hybridized carbons (Fsp3) is 1.00. The van der Waals surface area contributed by atoms with Crippen LogP contribution in [0.5, 0.6) is 0 Å². The molecular formula is C8H17BiOP2S2U7. The molecule has 0 bridgehead atoms. The summed E-state index contributed by atoms with van der Waals surface area (Å²) in [6.07, 6.45) is 11.0. The van der Waals surface area contributed by atoms with Crippen molar-refractivity contribution in [1.29, 1.82) is 0 Å². The van der Waals surface area contributed by atoms with Crippen molar-refractivity contribution in [3.8, 4) is 0 Å². The van der Waals surface area contributed by atoms with E-state index in [2.05, 4.69) is 19.2 Å². The van der Waals surface area contributed by atoms with Crippen LogP contribution in [0.2, 0.25) is 4.13 Å². The number of hydrogen-bond acceptors (Lipinski definition) is 2. The van der Waals surface area contributed by atoms with Gasteiger partial charge in [-0.05, 0) is 8.02 Å². The molecule has 0 saturated carbocycles. The van der Waals surface area contributed by atoms with E-state index in [0.29, 0.717) is 7.92 Å². The summed E-state index contributed by atoms with van der Waals surface area (Å²) in [4.78, 5) is 0. The third kappa shape index (κ3) is 48.1. The molecule has 0 aromatic rings. The smallest absolute Gasteiger partial charge is 0 e. The van der Waals surface area contributed by atoms with Gasteiger partial charge in [0.2, 0.25) is 0 Å². The van der Waals surface area contributed by atoms with Gasteiger partial charge in [0.1, 0.15) is 0 Å². The zero-order chi connectivity index (χ0) is 10.8. The first-order chi connectivity index (χ1) is 6.66. The van der Waals surface area contributed by atoms with Gasteiger partial charge in [0, 0.05) is 229 Å². The SMILES string of the molecule is O=S(=P)=S.[Bi][CH2]CCCP1CCCC1.[U].[U].[U].[U].[U].[U].[U]. The molecule has 0 N–H and O–H groups in total. The van der Waals surface area contributed by atoms with Gasteiger partial charge in [-0.25, -0.2) is 4.21 Å². The van der Waals surface area contributed by atoms with Gasteiger partial charge in [-0.2, -0.15) is 0 Å². The summed E-state index contributed by atoms with van der Waals surface area (Å²) in [7, 11) is 1.93. The molecule has 1 heterocycles. The molecule has 1 aliphatic rings. The predicted molar refractivity (Wildman–Crippen MR) is 74.4 cm³/mol. The molecule has 0 unspecified atom stereocenters. The molecule has 0 aliphatic carbocycles. The fourth-order valence-corrected chi connectivity index (χ4v) is 5.01. The maximum atomic E-state index is 9.28. The Morgan fingerprint density at radius 2 is 1.29 bits per heavy atom. The third-order valence-corrected chi connectivity index (χ3v) is 6.16. The van der Waals surface area contributed by atoms with Crippen molar-refractivity contribution < 1.29 is 222 Å². The van der Waals surface area contributed by atoms with E-state index in [1.807, 2.05) is 0 Å². The molecule has 1 rings (SSSR count). The van der Waals surface area contributed by atoms with E-state index in [0.717, 1.165) is 0 Å². The zero-order valence-electron chi connectivity index (χ0n) is 11.8. The summed E-state index contributed by atoms with van der Waals surface area (Å²) >= 11 is 5.60. The minimum absolute atomic E-state index is 0. The first-order valence-electron chi connectivity index (χ1n) is 4.80. The molecule has 2 radical (unpaired) electrons. The predicted octanol–water partition coefficient (Wildman–Crippen LogP) is 2.88. The Labute approximate surface area is 321 Å². The quantitative estimate of drug-likeness (QED) is 0.245. The molecule has 0 spiro atoms. The summed E-state index contributed by atoms with van der Waals surface area (Å²) in [5.41, 5.74) is 0. The molecule has 0 amide bonds. The summed E-state index contributed by atoms with van der Waals surface area (Å²) in [6, 6.07) is 0. The zero-order valence-corrected chi connectivity index (χ0v) is 47.9. The molecule has 21 heavy (non-hydrogen) atoms. The minimum atomic E-state index is -1.22. The Kier molecular flexibility index (Phi) is 107. The van der Waals surface area contributed by atoms with E-state index in [1.165, 1.54) is 10.5 Å². The van der Waals surface area contributed by atoms with Crippen LogP contribution >= 0.6 is 15.9 Å². The van der Waals surface area contributed by atoms with Gasteiger partial charge in [-0.1, -0.05) is 0 Å². The average Bonchev–Trinajstić information content (AvgIpc) is 2.56. The summed E-state index contributed by atoms with van der Waals surface area (Å²) in [5, 5.41) is 0. The molecule has 1 saturated heterocycles. The van der Waals surface area contributed by atoms with E-state index in [1.54, 1.807) is 62.5 Å². The molecule has 0 aromatic heterocycles. The van der Waals surface area contributed by atoms with Gasteiger partial charge in [0.15, 0.2) is 0 Å². The van der Waals surface area contributed by atoms with E-state index >= 15 is 0 Å². The van der Waals surface area contributed by atoms with Crippen molar-refractivity contribution in [2.75, 3.05) is 18.5 Å². The van der Waals surface area contributed by atoms with Crippen LogP contribution in [-0.4, -0.2) is 47.4 Å². The average molecular weight is 2130 g/mol. The van der Waals surface area contributed by atoms with Gasteiger partial charge in [0.05, 0.1) is 8.54 Å². The van der Waals surface area contributed by atoms with Crippen molar-refractivity contribution in [3.63, 3.8) is 0 Å². The van der Waals surface area contributed by atoms with Crippen LogP contribution in [0, 0.1) is 218 Å². The Hall–Kier alpha value is 9.22. The molecular weight excluding hydrogens is 2110 g/mol. The van der Waals surface area contributed by atoms with Crippen LogP contribution in [0.4, 0.5) is 0 Å². The fourth-order valence-electron chi connectivity index (χ4n) is 1.45. The maximum absolute atomic E-state index is 9.28. The molecule has 1 fully saturated rings. The summed E-state index contributed by atoms with van der Waals surface area (Å²) < 4.78 is 10.8. The van der Waals surface area contributed by atoms with Crippen molar-refractivity contribution >= 4 is 60.4 Å². The van der Waals surface area contributed by atoms with E-state index in [9.17, 15) is 4.21 Å². The molecule has 13 heteroatoms. The van der Waals surface area contributed by atoms with Crippen molar-refractivity contribution in [3.05, 3.63) is 0 Å². The summed E-state index contributed by atoms with van der Waals surface area (Å²) in [5.74, 6) is 0. The number of unbranched alkanes of at least 4 members (excludes halogenated alkanes) is 1. The molecule has 0 aromatic carbocycles. The van der Waals surface area contributed by atoms with Gasteiger partial charge < -0.3 is 0 Å². The summed E-state index contributed by atoms with van der Waals surface area (Å²) in [6.45, 7) is 0. The van der Waals surface area contributed by atoms with Crippen molar-refractivity contribution in [1.82, 2.24) is 0 Å². The monoisotopic (exact) mass is 2130 g/mol.